The number of benzene rings is 1. The van der Waals surface area contributed by atoms with Gasteiger partial charge in [-0.25, -0.2) is 14.4 Å². The second-order valence-electron chi connectivity index (χ2n) is 4.01. The van der Waals surface area contributed by atoms with E-state index in [-0.39, 0.29) is 17.1 Å². The number of hydrogen-bond acceptors (Lipinski definition) is 5. The average molecular weight is 304 g/mol. The minimum absolute atomic E-state index is 0.121. The third kappa shape index (κ3) is 2.57. The second-order valence-corrected chi connectivity index (χ2v) is 5.87. The summed E-state index contributed by atoms with van der Waals surface area (Å²) in [7, 11) is 0. The van der Waals surface area contributed by atoms with Crippen molar-refractivity contribution in [2.24, 2.45) is 0 Å². The van der Waals surface area contributed by atoms with Crippen molar-refractivity contribution in [1.82, 2.24) is 9.97 Å². The van der Waals surface area contributed by atoms with Gasteiger partial charge in [0.2, 0.25) is 0 Å². The monoisotopic (exact) mass is 304 g/mol. The largest absolute Gasteiger partial charge is 0.293 e. The maximum atomic E-state index is 13.5. The lowest BCUT2D eigenvalue weighted by Crippen LogP contribution is -2.05. The number of thiophene rings is 1. The molecule has 0 saturated heterocycles. The van der Waals surface area contributed by atoms with Gasteiger partial charge < -0.3 is 0 Å². The first-order chi connectivity index (χ1) is 9.75. The maximum Gasteiger partial charge on any atom is 0.176 e. The number of halogens is 1. The maximum absolute atomic E-state index is 13.5. The van der Waals surface area contributed by atoms with E-state index in [0.717, 1.165) is 15.2 Å². The zero-order chi connectivity index (χ0) is 13.9. The molecule has 3 nitrogen and oxygen atoms in total. The van der Waals surface area contributed by atoms with Crippen LogP contribution in [0.25, 0.3) is 10.2 Å². The topological polar surface area (TPSA) is 42.9 Å². The molecule has 20 heavy (non-hydrogen) atoms. The number of aromatic nitrogens is 2. The molecule has 2 heterocycles. The van der Waals surface area contributed by atoms with Gasteiger partial charge in [-0.1, -0.05) is 23.9 Å². The molecule has 2 aromatic heterocycles. The predicted molar refractivity (Wildman–Crippen MR) is 78.9 cm³/mol. The molecule has 1 aromatic carbocycles. The van der Waals surface area contributed by atoms with E-state index in [1.807, 2.05) is 11.4 Å². The highest BCUT2D eigenvalue weighted by atomic mass is 32.2. The van der Waals surface area contributed by atoms with Crippen molar-refractivity contribution in [2.75, 3.05) is 5.75 Å². The fraction of sp³-hybridized carbons (Fsp3) is 0.0714. The van der Waals surface area contributed by atoms with Gasteiger partial charge in [0, 0.05) is 5.39 Å². The van der Waals surface area contributed by atoms with Gasteiger partial charge in [-0.2, -0.15) is 0 Å². The third-order valence-electron chi connectivity index (χ3n) is 2.74. The van der Waals surface area contributed by atoms with Crippen molar-refractivity contribution in [3.8, 4) is 0 Å². The first-order valence-corrected chi connectivity index (χ1v) is 7.71. The normalized spacial score (nSPS) is 10.8. The van der Waals surface area contributed by atoms with Crippen LogP contribution in [0.5, 0.6) is 0 Å². The van der Waals surface area contributed by atoms with Crippen LogP contribution >= 0.6 is 23.1 Å². The van der Waals surface area contributed by atoms with Gasteiger partial charge in [0.25, 0.3) is 0 Å². The van der Waals surface area contributed by atoms with Gasteiger partial charge in [0.1, 0.15) is 22.0 Å². The SMILES string of the molecule is O=C(CSc1ncnc2sccc12)c1ccccc1F. The number of carbonyl (C=O) groups is 1. The molecule has 100 valence electrons. The molecule has 3 aromatic rings. The van der Waals surface area contributed by atoms with E-state index in [4.69, 9.17) is 0 Å². The average Bonchev–Trinajstić information content (AvgIpc) is 2.94. The molecule has 0 atom stereocenters. The molecule has 0 spiro atoms. The Labute approximate surface area is 122 Å². The minimum atomic E-state index is -0.485. The smallest absolute Gasteiger partial charge is 0.176 e. The van der Waals surface area contributed by atoms with Crippen molar-refractivity contribution in [1.29, 1.82) is 0 Å². The number of nitrogens with zero attached hydrogens (tertiary/aromatic N) is 2. The highest BCUT2D eigenvalue weighted by molar-refractivity contribution is 8.00. The molecular weight excluding hydrogens is 295 g/mol. The zero-order valence-corrected chi connectivity index (χ0v) is 11.9. The molecule has 0 N–H and O–H groups in total. The molecule has 0 saturated carbocycles. The quantitative estimate of drug-likeness (QED) is 0.418. The van der Waals surface area contributed by atoms with E-state index < -0.39 is 5.82 Å². The van der Waals surface area contributed by atoms with Gasteiger partial charge in [0.15, 0.2) is 5.78 Å². The summed E-state index contributed by atoms with van der Waals surface area (Å²) in [5.41, 5.74) is 0.121. The van der Waals surface area contributed by atoms with Crippen LogP contribution < -0.4 is 0 Å². The van der Waals surface area contributed by atoms with E-state index in [1.165, 1.54) is 41.6 Å². The fourth-order valence-electron chi connectivity index (χ4n) is 1.78. The van der Waals surface area contributed by atoms with E-state index in [1.54, 1.807) is 12.1 Å². The number of hydrogen-bond donors (Lipinski definition) is 0. The van der Waals surface area contributed by atoms with Crippen LogP contribution in [-0.2, 0) is 0 Å². The Morgan fingerprint density at radius 3 is 2.95 bits per heavy atom. The Morgan fingerprint density at radius 2 is 2.10 bits per heavy atom. The Balaban J connectivity index is 1.78. The Morgan fingerprint density at radius 1 is 1.25 bits per heavy atom. The lowest BCUT2D eigenvalue weighted by Gasteiger charge is -2.03. The molecule has 0 bridgehead atoms. The summed E-state index contributed by atoms with van der Waals surface area (Å²) in [6.07, 6.45) is 1.48. The van der Waals surface area contributed by atoms with E-state index in [2.05, 4.69) is 9.97 Å². The highest BCUT2D eigenvalue weighted by Crippen LogP contribution is 2.28. The molecular formula is C14H9FN2OS2. The molecule has 0 amide bonds. The van der Waals surface area contributed by atoms with Crippen molar-refractivity contribution in [2.45, 2.75) is 5.03 Å². The summed E-state index contributed by atoms with van der Waals surface area (Å²) in [6, 6.07) is 7.94. The first-order valence-electron chi connectivity index (χ1n) is 5.84. The summed E-state index contributed by atoms with van der Waals surface area (Å²) >= 11 is 2.83. The molecule has 0 unspecified atom stereocenters. The zero-order valence-electron chi connectivity index (χ0n) is 10.2. The summed E-state index contributed by atoms with van der Waals surface area (Å²) < 4.78 is 13.5. The predicted octanol–water partition coefficient (Wildman–Crippen LogP) is 3.81. The van der Waals surface area contributed by atoms with Crippen LogP contribution in [0.1, 0.15) is 10.4 Å². The number of thioether (sulfide) groups is 1. The van der Waals surface area contributed by atoms with Crippen LogP contribution in [0, 0.1) is 5.82 Å². The fourth-order valence-corrected chi connectivity index (χ4v) is 3.44. The Bertz CT molecular complexity index is 772. The van der Waals surface area contributed by atoms with Crippen molar-refractivity contribution in [3.63, 3.8) is 0 Å². The number of carbonyl (C=O) groups excluding carboxylic acids is 1. The first kappa shape index (κ1) is 13.2. The highest BCUT2D eigenvalue weighted by Gasteiger charge is 2.13. The number of Topliss-reactive ketones (excluding diaryl/α,β-unsaturated/α-hetero) is 1. The van der Waals surface area contributed by atoms with Gasteiger partial charge >= 0.3 is 0 Å². The number of ketones is 1. The summed E-state index contributed by atoms with van der Waals surface area (Å²) in [4.78, 5) is 21.2. The summed E-state index contributed by atoms with van der Waals surface area (Å²) in [5.74, 6) is -0.570. The van der Waals surface area contributed by atoms with Gasteiger partial charge in [-0.3, -0.25) is 4.79 Å². The Kier molecular flexibility index (Phi) is 3.75. The molecule has 6 heteroatoms. The van der Waals surface area contributed by atoms with E-state index in [9.17, 15) is 9.18 Å². The molecule has 0 aliphatic rings. The van der Waals surface area contributed by atoms with Gasteiger partial charge in [-0.15, -0.1) is 11.3 Å². The van der Waals surface area contributed by atoms with Gasteiger partial charge in [-0.05, 0) is 23.6 Å². The molecule has 0 aliphatic carbocycles. The van der Waals surface area contributed by atoms with Crippen molar-refractivity contribution in [3.05, 3.63) is 53.4 Å². The van der Waals surface area contributed by atoms with Crippen LogP contribution in [0.4, 0.5) is 4.39 Å². The van der Waals surface area contributed by atoms with Crippen molar-refractivity contribution < 1.29 is 9.18 Å². The van der Waals surface area contributed by atoms with E-state index in [0.29, 0.717) is 0 Å². The second kappa shape index (κ2) is 5.68. The molecule has 3 rings (SSSR count). The third-order valence-corrected chi connectivity index (χ3v) is 4.57. The molecule has 0 aliphatic heterocycles. The summed E-state index contributed by atoms with van der Waals surface area (Å²) in [6.45, 7) is 0. The Hall–Kier alpha value is -1.79. The number of fused-ring (bicyclic) bond motifs is 1. The van der Waals surface area contributed by atoms with Gasteiger partial charge in [0.05, 0.1) is 11.3 Å². The minimum Gasteiger partial charge on any atom is -0.293 e. The lowest BCUT2D eigenvalue weighted by molar-refractivity contribution is 0.101. The van der Waals surface area contributed by atoms with Crippen LogP contribution in [0.3, 0.4) is 0 Å². The van der Waals surface area contributed by atoms with Crippen LogP contribution in [-0.4, -0.2) is 21.5 Å². The molecule has 0 radical (unpaired) electrons. The standard InChI is InChI=1S/C14H9FN2OS2/c15-11-4-2-1-3-9(11)12(18)7-20-14-10-5-6-19-13(10)16-8-17-14/h1-6,8H,7H2. The lowest BCUT2D eigenvalue weighted by atomic mass is 10.1. The van der Waals surface area contributed by atoms with Crippen molar-refractivity contribution >= 4 is 39.1 Å². The number of rotatable bonds is 4. The van der Waals surface area contributed by atoms with E-state index >= 15 is 0 Å². The molecule has 0 fully saturated rings. The summed E-state index contributed by atoms with van der Waals surface area (Å²) in [5, 5.41) is 3.62. The van der Waals surface area contributed by atoms with Crippen LogP contribution in [0.15, 0.2) is 47.1 Å². The van der Waals surface area contributed by atoms with Crippen LogP contribution in [0.2, 0.25) is 0 Å².